The Morgan fingerprint density at radius 2 is 1.67 bits per heavy atom. The number of nitrogens with one attached hydrogen (secondary N) is 2. The highest BCUT2D eigenvalue weighted by Crippen LogP contribution is 2.39. The molecule has 3 aromatic heterocycles. The van der Waals surface area contributed by atoms with Crippen LogP contribution in [0.2, 0.25) is 0 Å². The van der Waals surface area contributed by atoms with E-state index in [-0.39, 0.29) is 12.1 Å². The molecule has 1 fully saturated rings. The predicted molar refractivity (Wildman–Crippen MR) is 135 cm³/mol. The number of hydrogen-bond acceptors (Lipinski definition) is 4. The number of para-hydroxylation sites is 1. The van der Waals surface area contributed by atoms with E-state index in [0.29, 0.717) is 0 Å². The molecule has 1 aliphatic heterocycles. The lowest BCUT2D eigenvalue weighted by atomic mass is 10.0. The topological polar surface area (TPSA) is 58.0 Å². The maximum absolute atomic E-state index is 5.81. The van der Waals surface area contributed by atoms with Gasteiger partial charge < -0.3 is 20.1 Å². The Labute approximate surface area is 199 Å². The van der Waals surface area contributed by atoms with Crippen molar-refractivity contribution in [2.75, 3.05) is 18.4 Å². The molecule has 1 aliphatic rings. The van der Waals surface area contributed by atoms with Crippen molar-refractivity contribution in [2.45, 2.75) is 18.5 Å². The van der Waals surface area contributed by atoms with Gasteiger partial charge in [0.1, 0.15) is 5.82 Å². The first-order valence-electron chi connectivity index (χ1n) is 11.2. The predicted octanol–water partition coefficient (Wildman–Crippen LogP) is 4.74. The fourth-order valence-electron chi connectivity index (χ4n) is 4.35. The summed E-state index contributed by atoms with van der Waals surface area (Å²) < 4.78 is 2.14. The van der Waals surface area contributed by atoms with Gasteiger partial charge in [-0.15, -0.1) is 0 Å². The maximum Gasteiger partial charge on any atom is 0.170 e. The minimum atomic E-state index is -0.0434. The second kappa shape index (κ2) is 9.83. The third-order valence-corrected chi connectivity index (χ3v) is 6.21. The lowest BCUT2D eigenvalue weighted by Crippen LogP contribution is -2.32. The van der Waals surface area contributed by atoms with Gasteiger partial charge in [-0.1, -0.05) is 30.3 Å². The highest BCUT2D eigenvalue weighted by Gasteiger charge is 2.41. The molecule has 0 unspecified atom stereocenters. The van der Waals surface area contributed by atoms with Gasteiger partial charge in [-0.05, 0) is 67.2 Å². The normalized spacial score (nSPS) is 17.7. The maximum atomic E-state index is 5.81. The van der Waals surface area contributed by atoms with Crippen LogP contribution < -0.4 is 10.6 Å². The van der Waals surface area contributed by atoms with Crippen molar-refractivity contribution in [1.29, 1.82) is 0 Å². The van der Waals surface area contributed by atoms with Crippen LogP contribution in [0, 0.1) is 0 Å². The Balaban J connectivity index is 1.41. The quantitative estimate of drug-likeness (QED) is 0.296. The number of benzene rings is 1. The molecule has 0 spiro atoms. The van der Waals surface area contributed by atoms with Crippen LogP contribution in [0.4, 0.5) is 5.69 Å². The van der Waals surface area contributed by atoms with Crippen molar-refractivity contribution in [3.05, 3.63) is 109 Å². The number of anilines is 1. The van der Waals surface area contributed by atoms with Crippen LogP contribution in [0.15, 0.2) is 97.5 Å². The standard InChI is InChI=1S/C26H26N6S/c33-26-30-24(21-12-4-6-15-28-21)25(22-13-8-18-31(22)23-14-5-7-16-29-23)32(26)19-9-17-27-20-10-2-1-3-11-20/h1-8,10-16,18,24-25,27H,9,17,19H2,(H,30,33)/t24-,25-/m1/s1. The average Bonchev–Trinajstić information content (AvgIpc) is 3.48. The van der Waals surface area contributed by atoms with Crippen molar-refractivity contribution in [3.63, 3.8) is 0 Å². The van der Waals surface area contributed by atoms with E-state index >= 15 is 0 Å². The molecule has 6 nitrogen and oxygen atoms in total. The molecule has 1 saturated heterocycles. The number of hydrogen-bond donors (Lipinski definition) is 2. The summed E-state index contributed by atoms with van der Waals surface area (Å²) in [6.45, 7) is 1.69. The van der Waals surface area contributed by atoms with E-state index in [1.165, 1.54) is 0 Å². The SMILES string of the molecule is S=C1N[C@H](c2ccccn2)[C@@H](c2cccn2-c2ccccn2)N1CCCNc1ccccc1. The Hall–Kier alpha value is -3.71. The molecule has 0 radical (unpaired) electrons. The van der Waals surface area contributed by atoms with E-state index in [0.717, 1.165) is 47.5 Å². The van der Waals surface area contributed by atoms with Gasteiger partial charge in [0, 0.05) is 43.1 Å². The zero-order valence-electron chi connectivity index (χ0n) is 18.2. The number of rotatable bonds is 8. The molecule has 2 atom stereocenters. The summed E-state index contributed by atoms with van der Waals surface area (Å²) in [4.78, 5) is 11.5. The van der Waals surface area contributed by atoms with E-state index in [1.54, 1.807) is 0 Å². The molecule has 2 N–H and O–H groups in total. The molecular weight excluding hydrogens is 428 g/mol. The molecule has 0 bridgehead atoms. The van der Waals surface area contributed by atoms with Crippen LogP contribution in [-0.2, 0) is 0 Å². The molecule has 0 saturated carbocycles. The lowest BCUT2D eigenvalue weighted by Gasteiger charge is -2.28. The number of nitrogens with zero attached hydrogens (tertiary/aromatic N) is 4. The van der Waals surface area contributed by atoms with Crippen molar-refractivity contribution in [2.24, 2.45) is 0 Å². The molecule has 1 aromatic carbocycles. The third-order valence-electron chi connectivity index (χ3n) is 5.86. The summed E-state index contributed by atoms with van der Waals surface area (Å²) in [5.41, 5.74) is 3.24. The van der Waals surface area contributed by atoms with E-state index in [9.17, 15) is 0 Å². The van der Waals surface area contributed by atoms with Gasteiger partial charge in [-0.2, -0.15) is 0 Å². The Morgan fingerprint density at radius 1 is 0.879 bits per heavy atom. The van der Waals surface area contributed by atoms with Crippen LogP contribution in [0.25, 0.3) is 5.82 Å². The van der Waals surface area contributed by atoms with Gasteiger partial charge in [0.05, 0.1) is 17.8 Å². The van der Waals surface area contributed by atoms with E-state index in [1.807, 2.05) is 60.9 Å². The van der Waals surface area contributed by atoms with Crippen LogP contribution >= 0.6 is 12.2 Å². The number of aromatic nitrogens is 3. The minimum Gasteiger partial charge on any atom is -0.385 e. The van der Waals surface area contributed by atoms with Crippen LogP contribution in [0.5, 0.6) is 0 Å². The molecule has 166 valence electrons. The molecular formula is C26H26N6S. The van der Waals surface area contributed by atoms with Gasteiger partial charge in [-0.25, -0.2) is 4.98 Å². The minimum absolute atomic E-state index is 0.00105. The lowest BCUT2D eigenvalue weighted by molar-refractivity contribution is 0.307. The summed E-state index contributed by atoms with van der Waals surface area (Å²) >= 11 is 5.81. The van der Waals surface area contributed by atoms with Crippen LogP contribution in [0.1, 0.15) is 29.9 Å². The van der Waals surface area contributed by atoms with Gasteiger partial charge in [0.25, 0.3) is 0 Å². The fraction of sp³-hybridized carbons (Fsp3) is 0.192. The first kappa shape index (κ1) is 21.2. The van der Waals surface area contributed by atoms with Gasteiger partial charge >= 0.3 is 0 Å². The molecule has 4 heterocycles. The van der Waals surface area contributed by atoms with E-state index in [4.69, 9.17) is 12.2 Å². The summed E-state index contributed by atoms with van der Waals surface area (Å²) in [5.74, 6) is 0.890. The second-order valence-corrected chi connectivity index (χ2v) is 8.34. The molecule has 33 heavy (non-hydrogen) atoms. The van der Waals surface area contributed by atoms with Gasteiger partial charge in [0.2, 0.25) is 0 Å². The zero-order valence-corrected chi connectivity index (χ0v) is 19.0. The number of thiocarbonyl (C=S) groups is 1. The second-order valence-electron chi connectivity index (χ2n) is 7.96. The van der Waals surface area contributed by atoms with Gasteiger partial charge in [-0.3, -0.25) is 4.98 Å². The first-order chi connectivity index (χ1) is 16.3. The Morgan fingerprint density at radius 3 is 2.42 bits per heavy atom. The molecule has 0 amide bonds. The van der Waals surface area contributed by atoms with Crippen LogP contribution in [0.3, 0.4) is 0 Å². The van der Waals surface area contributed by atoms with Crippen molar-refractivity contribution in [3.8, 4) is 5.82 Å². The highest BCUT2D eigenvalue weighted by molar-refractivity contribution is 7.80. The van der Waals surface area contributed by atoms with Crippen molar-refractivity contribution >= 4 is 23.0 Å². The largest absolute Gasteiger partial charge is 0.385 e. The summed E-state index contributed by atoms with van der Waals surface area (Å²) in [5, 5.41) is 7.79. The molecule has 7 heteroatoms. The summed E-state index contributed by atoms with van der Waals surface area (Å²) in [6, 6.07) is 26.4. The average molecular weight is 455 g/mol. The molecule has 0 aliphatic carbocycles. The Bertz CT molecular complexity index is 1180. The first-order valence-corrected chi connectivity index (χ1v) is 11.6. The smallest absolute Gasteiger partial charge is 0.170 e. The monoisotopic (exact) mass is 454 g/mol. The third kappa shape index (κ3) is 4.59. The fourth-order valence-corrected chi connectivity index (χ4v) is 4.68. The van der Waals surface area contributed by atoms with Crippen LogP contribution in [-0.4, -0.2) is 37.6 Å². The van der Waals surface area contributed by atoms with E-state index in [2.05, 4.69) is 66.6 Å². The van der Waals surface area contributed by atoms with Gasteiger partial charge in [0.15, 0.2) is 5.11 Å². The molecule has 4 aromatic rings. The summed E-state index contributed by atoms with van der Waals surface area (Å²) in [6.07, 6.45) is 6.66. The molecule has 5 rings (SSSR count). The Kier molecular flexibility index (Phi) is 6.30. The summed E-state index contributed by atoms with van der Waals surface area (Å²) in [7, 11) is 0. The van der Waals surface area contributed by atoms with Crippen molar-refractivity contribution < 1.29 is 0 Å². The van der Waals surface area contributed by atoms with E-state index < -0.39 is 0 Å². The zero-order chi connectivity index (χ0) is 22.5. The van der Waals surface area contributed by atoms with Crippen molar-refractivity contribution in [1.82, 2.24) is 24.8 Å². The number of pyridine rings is 2. The highest BCUT2D eigenvalue weighted by atomic mass is 32.1.